The number of hydrogen-bond acceptors (Lipinski definition) is 7. The molecular formula is C27H34N2O6. The highest BCUT2D eigenvalue weighted by Crippen LogP contribution is 2.43. The molecule has 0 saturated carbocycles. The number of Topliss-reactive ketones (excluding diaryl/α,β-unsaturated/α-hetero) is 1. The summed E-state index contributed by atoms with van der Waals surface area (Å²) in [6, 6.07) is 11.2. The molecule has 3 rings (SSSR count). The van der Waals surface area contributed by atoms with Gasteiger partial charge in [-0.3, -0.25) is 9.59 Å². The average molecular weight is 483 g/mol. The van der Waals surface area contributed by atoms with Crippen LogP contribution >= 0.6 is 0 Å². The lowest BCUT2D eigenvalue weighted by molar-refractivity contribution is -0.140. The Labute approximate surface area is 206 Å². The molecule has 1 atom stereocenters. The molecule has 0 unspecified atom stereocenters. The summed E-state index contributed by atoms with van der Waals surface area (Å²) in [6.07, 6.45) is 0. The van der Waals surface area contributed by atoms with Crippen molar-refractivity contribution in [2.45, 2.75) is 19.9 Å². The van der Waals surface area contributed by atoms with Gasteiger partial charge in [0, 0.05) is 30.3 Å². The highest BCUT2D eigenvalue weighted by Gasteiger charge is 2.47. The zero-order valence-electron chi connectivity index (χ0n) is 21.2. The predicted molar refractivity (Wildman–Crippen MR) is 134 cm³/mol. The number of carbonyl (C=O) groups is 2. The van der Waals surface area contributed by atoms with Gasteiger partial charge in [-0.25, -0.2) is 0 Å². The van der Waals surface area contributed by atoms with E-state index in [1.165, 1.54) is 12.0 Å². The minimum absolute atomic E-state index is 0.0214. The quantitative estimate of drug-likeness (QED) is 0.314. The standard InChI is InChI=1S/C27H34N2O6/c1-17(2)16-35-19-9-7-18(8-10-19)25(30)23-24(21-12-11-20(33-5)15-22(21)34-6)29(14-13-28(3)4)27(32)26(23)31/h7-12,15,17,24,30H,13-14,16H2,1-6H3/b25-23+/t24-/m1/s1. The molecule has 8 heteroatoms. The van der Waals surface area contributed by atoms with E-state index >= 15 is 0 Å². The average Bonchev–Trinajstić information content (AvgIpc) is 3.10. The Morgan fingerprint density at radius 2 is 1.69 bits per heavy atom. The number of carbonyl (C=O) groups excluding carboxylic acids is 2. The van der Waals surface area contributed by atoms with Crippen LogP contribution in [0, 0.1) is 5.92 Å². The van der Waals surface area contributed by atoms with Crippen LogP contribution in [0.25, 0.3) is 5.76 Å². The predicted octanol–water partition coefficient (Wildman–Crippen LogP) is 3.72. The summed E-state index contributed by atoms with van der Waals surface area (Å²) in [5, 5.41) is 11.3. The summed E-state index contributed by atoms with van der Waals surface area (Å²) in [7, 11) is 6.84. The van der Waals surface area contributed by atoms with Crippen LogP contribution in [-0.2, 0) is 9.59 Å². The first kappa shape index (κ1) is 26.1. The third kappa shape index (κ3) is 5.77. The van der Waals surface area contributed by atoms with Crippen LogP contribution in [0.15, 0.2) is 48.0 Å². The van der Waals surface area contributed by atoms with E-state index in [2.05, 4.69) is 13.8 Å². The molecule has 35 heavy (non-hydrogen) atoms. The first-order valence-corrected chi connectivity index (χ1v) is 11.6. The largest absolute Gasteiger partial charge is 0.507 e. The van der Waals surface area contributed by atoms with Gasteiger partial charge in [-0.15, -0.1) is 0 Å². The van der Waals surface area contributed by atoms with Gasteiger partial charge in [-0.05, 0) is 56.4 Å². The number of benzene rings is 2. The monoisotopic (exact) mass is 482 g/mol. The zero-order valence-corrected chi connectivity index (χ0v) is 21.2. The van der Waals surface area contributed by atoms with Gasteiger partial charge in [0.1, 0.15) is 23.0 Å². The molecule has 0 bridgehead atoms. The molecule has 1 aliphatic heterocycles. The van der Waals surface area contributed by atoms with Gasteiger partial charge in [-0.1, -0.05) is 13.8 Å². The Morgan fingerprint density at radius 3 is 2.26 bits per heavy atom. The van der Waals surface area contributed by atoms with Gasteiger partial charge in [0.15, 0.2) is 0 Å². The summed E-state index contributed by atoms with van der Waals surface area (Å²) >= 11 is 0. The van der Waals surface area contributed by atoms with E-state index in [1.54, 1.807) is 49.6 Å². The van der Waals surface area contributed by atoms with Crippen molar-refractivity contribution < 1.29 is 28.9 Å². The molecule has 2 aromatic carbocycles. The van der Waals surface area contributed by atoms with Gasteiger partial charge in [0.25, 0.3) is 11.7 Å². The number of ether oxygens (including phenoxy) is 3. The van der Waals surface area contributed by atoms with E-state index in [4.69, 9.17) is 14.2 Å². The van der Waals surface area contributed by atoms with Crippen molar-refractivity contribution in [3.8, 4) is 17.2 Å². The molecule has 0 spiro atoms. The van der Waals surface area contributed by atoms with Crippen LogP contribution in [0.4, 0.5) is 0 Å². The lowest BCUT2D eigenvalue weighted by Gasteiger charge is -2.27. The lowest BCUT2D eigenvalue weighted by atomic mass is 9.94. The maximum Gasteiger partial charge on any atom is 0.295 e. The van der Waals surface area contributed by atoms with Crippen LogP contribution in [0.2, 0.25) is 0 Å². The Hall–Kier alpha value is -3.52. The van der Waals surface area contributed by atoms with Crippen molar-refractivity contribution in [3.05, 3.63) is 59.2 Å². The molecule has 0 aromatic heterocycles. The molecule has 188 valence electrons. The third-order valence-corrected chi connectivity index (χ3v) is 5.77. The number of methoxy groups -OCH3 is 2. The number of aliphatic hydroxyl groups excluding tert-OH is 1. The molecule has 0 radical (unpaired) electrons. The van der Waals surface area contributed by atoms with Crippen molar-refractivity contribution in [1.82, 2.24) is 9.80 Å². The van der Waals surface area contributed by atoms with Crippen molar-refractivity contribution >= 4 is 17.4 Å². The van der Waals surface area contributed by atoms with Crippen molar-refractivity contribution in [2.75, 3.05) is 48.0 Å². The number of likely N-dealkylation sites (tertiary alicyclic amines) is 1. The maximum atomic E-state index is 13.2. The topological polar surface area (TPSA) is 88.5 Å². The minimum Gasteiger partial charge on any atom is -0.507 e. The first-order chi connectivity index (χ1) is 16.7. The summed E-state index contributed by atoms with van der Waals surface area (Å²) in [5.74, 6) is 0.435. The maximum absolute atomic E-state index is 13.2. The molecule has 1 heterocycles. The van der Waals surface area contributed by atoms with E-state index in [0.29, 0.717) is 54.0 Å². The Morgan fingerprint density at radius 1 is 1.03 bits per heavy atom. The summed E-state index contributed by atoms with van der Waals surface area (Å²) in [5.41, 5.74) is 1.03. The Kier molecular flexibility index (Phi) is 8.40. The Bertz CT molecular complexity index is 1090. The number of hydrogen-bond donors (Lipinski definition) is 1. The van der Waals surface area contributed by atoms with E-state index < -0.39 is 17.7 Å². The van der Waals surface area contributed by atoms with Gasteiger partial charge >= 0.3 is 0 Å². The molecule has 8 nitrogen and oxygen atoms in total. The molecule has 1 amide bonds. The number of amides is 1. The summed E-state index contributed by atoms with van der Waals surface area (Å²) < 4.78 is 16.6. The highest BCUT2D eigenvalue weighted by atomic mass is 16.5. The highest BCUT2D eigenvalue weighted by molar-refractivity contribution is 6.46. The first-order valence-electron chi connectivity index (χ1n) is 11.6. The van der Waals surface area contributed by atoms with E-state index in [1.807, 2.05) is 19.0 Å². The van der Waals surface area contributed by atoms with Crippen molar-refractivity contribution in [2.24, 2.45) is 5.92 Å². The normalized spacial score (nSPS) is 17.4. The molecule has 1 saturated heterocycles. The van der Waals surface area contributed by atoms with Gasteiger partial charge in [-0.2, -0.15) is 0 Å². The lowest BCUT2D eigenvalue weighted by Crippen LogP contribution is -2.35. The number of nitrogens with zero attached hydrogens (tertiary/aromatic N) is 2. The SMILES string of the molecule is COc1ccc([C@@H]2/C(=C(\O)c3ccc(OCC(C)C)cc3)C(=O)C(=O)N2CCN(C)C)c(OC)c1. The number of ketones is 1. The van der Waals surface area contributed by atoms with Gasteiger partial charge < -0.3 is 29.1 Å². The fraction of sp³-hybridized carbons (Fsp3) is 0.407. The van der Waals surface area contributed by atoms with Crippen LogP contribution in [-0.4, -0.2) is 74.6 Å². The van der Waals surface area contributed by atoms with Crippen LogP contribution < -0.4 is 14.2 Å². The van der Waals surface area contributed by atoms with Crippen molar-refractivity contribution in [3.63, 3.8) is 0 Å². The van der Waals surface area contributed by atoms with Crippen LogP contribution in [0.1, 0.15) is 31.0 Å². The smallest absolute Gasteiger partial charge is 0.295 e. The van der Waals surface area contributed by atoms with E-state index in [-0.39, 0.29) is 11.3 Å². The van der Waals surface area contributed by atoms with Crippen LogP contribution in [0.3, 0.4) is 0 Å². The fourth-order valence-electron chi connectivity index (χ4n) is 3.91. The van der Waals surface area contributed by atoms with Crippen molar-refractivity contribution in [1.29, 1.82) is 0 Å². The van der Waals surface area contributed by atoms with E-state index in [9.17, 15) is 14.7 Å². The molecule has 1 aliphatic rings. The van der Waals surface area contributed by atoms with Crippen LogP contribution in [0.5, 0.6) is 17.2 Å². The molecule has 1 fully saturated rings. The number of likely N-dealkylation sites (N-methyl/N-ethyl adjacent to an activating group) is 1. The molecule has 1 N–H and O–H groups in total. The second-order valence-electron chi connectivity index (χ2n) is 9.13. The van der Waals surface area contributed by atoms with E-state index in [0.717, 1.165) is 0 Å². The summed E-state index contributed by atoms with van der Waals surface area (Å²) in [6.45, 7) is 5.53. The van der Waals surface area contributed by atoms with Gasteiger partial charge in [0.2, 0.25) is 0 Å². The van der Waals surface area contributed by atoms with Gasteiger partial charge in [0.05, 0.1) is 32.4 Å². The fourth-order valence-corrected chi connectivity index (χ4v) is 3.91. The molecule has 2 aromatic rings. The molecule has 0 aliphatic carbocycles. The number of rotatable bonds is 10. The zero-order chi connectivity index (χ0) is 25.7. The minimum atomic E-state index is -0.812. The number of aliphatic hydroxyl groups is 1. The Balaban J connectivity index is 2.10. The third-order valence-electron chi connectivity index (χ3n) is 5.77. The second kappa shape index (κ2) is 11.3. The summed E-state index contributed by atoms with van der Waals surface area (Å²) in [4.78, 5) is 29.7. The molecular weight excluding hydrogens is 448 g/mol. The second-order valence-corrected chi connectivity index (χ2v) is 9.13.